The summed E-state index contributed by atoms with van der Waals surface area (Å²) in [5, 5.41) is 3.19. The van der Waals surface area contributed by atoms with Gasteiger partial charge in [-0.05, 0) is 75.9 Å². The van der Waals surface area contributed by atoms with Gasteiger partial charge >= 0.3 is 0 Å². The molecule has 3 fully saturated rings. The lowest BCUT2D eigenvalue weighted by molar-refractivity contribution is -0.127. The van der Waals surface area contributed by atoms with Crippen LogP contribution in [0, 0.1) is 11.7 Å². The van der Waals surface area contributed by atoms with Crippen molar-refractivity contribution in [3.05, 3.63) is 41.7 Å². The number of hydrogen-bond acceptors (Lipinski definition) is 3. The molecule has 0 bridgehead atoms. The molecule has 1 aromatic carbocycles. The van der Waals surface area contributed by atoms with E-state index in [1.165, 1.54) is 25.0 Å². The van der Waals surface area contributed by atoms with Crippen molar-refractivity contribution >= 4 is 12.0 Å². The van der Waals surface area contributed by atoms with E-state index in [4.69, 9.17) is 0 Å². The number of likely N-dealkylation sites (tertiary alicyclic amines) is 2. The first-order valence-electron chi connectivity index (χ1n) is 10.9. The predicted molar refractivity (Wildman–Crippen MR) is 110 cm³/mol. The van der Waals surface area contributed by atoms with Crippen LogP contribution in [0.3, 0.4) is 0 Å². The molecule has 1 aromatic rings. The van der Waals surface area contributed by atoms with Crippen LogP contribution in [-0.4, -0.2) is 60.5 Å². The number of amides is 1. The molecule has 2 heterocycles. The molecule has 28 heavy (non-hydrogen) atoms. The van der Waals surface area contributed by atoms with E-state index in [1.54, 1.807) is 0 Å². The van der Waals surface area contributed by atoms with Crippen molar-refractivity contribution in [1.29, 1.82) is 0 Å². The molecule has 0 aromatic heterocycles. The zero-order valence-corrected chi connectivity index (χ0v) is 16.7. The van der Waals surface area contributed by atoms with Crippen LogP contribution in [0.2, 0.25) is 0 Å². The Kier molecular flexibility index (Phi) is 6.43. The summed E-state index contributed by atoms with van der Waals surface area (Å²) < 4.78 is 13.0. The molecule has 4 nitrogen and oxygen atoms in total. The van der Waals surface area contributed by atoms with Gasteiger partial charge in [-0.15, -0.1) is 0 Å². The molecule has 5 heteroatoms. The Morgan fingerprint density at radius 2 is 1.82 bits per heavy atom. The van der Waals surface area contributed by atoms with Gasteiger partial charge in [0.25, 0.3) is 0 Å². The van der Waals surface area contributed by atoms with Crippen LogP contribution in [0.15, 0.2) is 30.3 Å². The molecule has 152 valence electrons. The zero-order valence-electron chi connectivity index (χ0n) is 16.7. The van der Waals surface area contributed by atoms with E-state index < -0.39 is 0 Å². The molecular formula is C23H32FN3O. The molecule has 1 unspecified atom stereocenters. The summed E-state index contributed by atoms with van der Waals surface area (Å²) in [5.74, 6) is 0.283. The van der Waals surface area contributed by atoms with Gasteiger partial charge in [0, 0.05) is 25.2 Å². The molecule has 1 atom stereocenters. The van der Waals surface area contributed by atoms with E-state index >= 15 is 0 Å². The van der Waals surface area contributed by atoms with E-state index in [0.29, 0.717) is 12.1 Å². The molecule has 3 aliphatic rings. The first kappa shape index (κ1) is 19.6. The zero-order chi connectivity index (χ0) is 19.3. The van der Waals surface area contributed by atoms with Crippen molar-refractivity contribution < 1.29 is 9.18 Å². The Morgan fingerprint density at radius 3 is 2.54 bits per heavy atom. The van der Waals surface area contributed by atoms with E-state index in [9.17, 15) is 9.18 Å². The highest BCUT2D eigenvalue weighted by Crippen LogP contribution is 2.26. The average molecular weight is 386 g/mol. The molecule has 1 aliphatic carbocycles. The van der Waals surface area contributed by atoms with Crippen LogP contribution < -0.4 is 5.32 Å². The number of nitrogens with one attached hydrogen (secondary N) is 1. The highest BCUT2D eigenvalue weighted by atomic mass is 19.1. The topological polar surface area (TPSA) is 35.6 Å². The normalized spacial score (nSPS) is 25.2. The number of halogens is 1. The van der Waals surface area contributed by atoms with Gasteiger partial charge in [-0.1, -0.05) is 24.3 Å². The Labute approximate surface area is 167 Å². The van der Waals surface area contributed by atoms with E-state index in [-0.39, 0.29) is 17.6 Å². The first-order chi connectivity index (χ1) is 13.7. The number of rotatable bonds is 6. The monoisotopic (exact) mass is 385 g/mol. The maximum absolute atomic E-state index is 13.0. The molecule has 2 aliphatic heterocycles. The standard InChI is InChI=1S/C23H32FN3O/c24-20-7-5-18(6-8-20)3-1-13-26-15-11-22(12-16-26)27-14-2-4-19(17-27)23(28)25-21-9-10-21/h1,3,5-8,19,21-22H,2,4,9-17H2,(H,25,28)/b3-1+. The van der Waals surface area contributed by atoms with Gasteiger partial charge in [-0.25, -0.2) is 4.39 Å². The van der Waals surface area contributed by atoms with Crippen LogP contribution in [0.1, 0.15) is 44.1 Å². The summed E-state index contributed by atoms with van der Waals surface area (Å²) in [6.07, 6.45) is 11.1. The smallest absolute Gasteiger partial charge is 0.224 e. The second kappa shape index (κ2) is 9.19. The van der Waals surface area contributed by atoms with Gasteiger partial charge < -0.3 is 5.32 Å². The van der Waals surface area contributed by atoms with Gasteiger partial charge in [-0.2, -0.15) is 0 Å². The number of carbonyl (C=O) groups excluding carboxylic acids is 1. The summed E-state index contributed by atoms with van der Waals surface area (Å²) in [6, 6.07) is 7.71. The van der Waals surface area contributed by atoms with Crippen LogP contribution in [-0.2, 0) is 4.79 Å². The summed E-state index contributed by atoms with van der Waals surface area (Å²) in [6.45, 7) is 5.23. The van der Waals surface area contributed by atoms with Gasteiger partial charge in [0.2, 0.25) is 5.91 Å². The molecule has 0 spiro atoms. The van der Waals surface area contributed by atoms with Crippen LogP contribution in [0.5, 0.6) is 0 Å². The van der Waals surface area contributed by atoms with Gasteiger partial charge in [0.05, 0.1) is 5.92 Å². The highest BCUT2D eigenvalue weighted by molar-refractivity contribution is 5.79. The van der Waals surface area contributed by atoms with Crippen LogP contribution in [0.4, 0.5) is 4.39 Å². The average Bonchev–Trinajstić information content (AvgIpc) is 3.54. The molecule has 2 saturated heterocycles. The molecule has 4 rings (SSSR count). The molecule has 1 N–H and O–H groups in total. The summed E-state index contributed by atoms with van der Waals surface area (Å²) >= 11 is 0. The minimum atomic E-state index is -0.191. The second-order valence-electron chi connectivity index (χ2n) is 8.60. The lowest BCUT2D eigenvalue weighted by atomic mass is 9.93. The first-order valence-corrected chi connectivity index (χ1v) is 10.9. The largest absolute Gasteiger partial charge is 0.353 e. The lowest BCUT2D eigenvalue weighted by Crippen LogP contribution is -2.51. The molecule has 1 amide bonds. The SMILES string of the molecule is O=C(NC1CC1)C1CCCN(C2CCN(C/C=C/c3ccc(F)cc3)CC2)C1. The minimum absolute atomic E-state index is 0.186. The van der Waals surface area contributed by atoms with E-state index in [0.717, 1.165) is 64.0 Å². The number of carbonyl (C=O) groups is 1. The van der Waals surface area contributed by atoms with Gasteiger partial charge in [0.1, 0.15) is 5.82 Å². The summed E-state index contributed by atoms with van der Waals surface area (Å²) in [7, 11) is 0. The van der Waals surface area contributed by atoms with Crippen molar-refractivity contribution in [3.63, 3.8) is 0 Å². The Hall–Kier alpha value is -1.72. The molecular weight excluding hydrogens is 353 g/mol. The second-order valence-corrected chi connectivity index (χ2v) is 8.60. The van der Waals surface area contributed by atoms with Gasteiger partial charge in [0.15, 0.2) is 0 Å². The predicted octanol–water partition coefficient (Wildman–Crippen LogP) is 3.29. The lowest BCUT2D eigenvalue weighted by Gasteiger charge is -2.41. The quantitative estimate of drug-likeness (QED) is 0.816. The number of benzene rings is 1. The number of hydrogen-bond donors (Lipinski definition) is 1. The number of nitrogens with zero attached hydrogens (tertiary/aromatic N) is 2. The Bertz CT molecular complexity index is 678. The molecule has 0 radical (unpaired) electrons. The Balaban J connectivity index is 1.20. The van der Waals surface area contributed by atoms with Crippen molar-refractivity contribution in [3.8, 4) is 0 Å². The fourth-order valence-electron chi connectivity index (χ4n) is 4.48. The third-order valence-electron chi connectivity index (χ3n) is 6.36. The molecule has 1 saturated carbocycles. The third-order valence-corrected chi connectivity index (χ3v) is 6.36. The van der Waals surface area contributed by atoms with E-state index in [2.05, 4.69) is 27.3 Å². The van der Waals surface area contributed by atoms with Gasteiger partial charge in [-0.3, -0.25) is 14.6 Å². The van der Waals surface area contributed by atoms with Crippen LogP contribution in [0.25, 0.3) is 6.08 Å². The fraction of sp³-hybridized carbons (Fsp3) is 0.609. The van der Waals surface area contributed by atoms with Crippen molar-refractivity contribution in [2.45, 2.75) is 50.6 Å². The minimum Gasteiger partial charge on any atom is -0.353 e. The fourth-order valence-corrected chi connectivity index (χ4v) is 4.48. The summed E-state index contributed by atoms with van der Waals surface area (Å²) in [4.78, 5) is 17.5. The van der Waals surface area contributed by atoms with Crippen molar-refractivity contribution in [2.75, 3.05) is 32.7 Å². The summed E-state index contributed by atoms with van der Waals surface area (Å²) in [5.41, 5.74) is 1.04. The van der Waals surface area contributed by atoms with Crippen LogP contribution >= 0.6 is 0 Å². The van der Waals surface area contributed by atoms with Crippen molar-refractivity contribution in [1.82, 2.24) is 15.1 Å². The maximum atomic E-state index is 13.0. The Morgan fingerprint density at radius 1 is 1.07 bits per heavy atom. The van der Waals surface area contributed by atoms with E-state index in [1.807, 2.05) is 12.1 Å². The number of piperidine rings is 2. The third kappa shape index (κ3) is 5.42. The highest BCUT2D eigenvalue weighted by Gasteiger charge is 2.33. The van der Waals surface area contributed by atoms with Crippen molar-refractivity contribution in [2.24, 2.45) is 5.92 Å². The maximum Gasteiger partial charge on any atom is 0.224 e.